The number of aromatic nitrogens is 1. The number of hydrogen-bond acceptors (Lipinski definition) is 14. The van der Waals surface area contributed by atoms with Crippen molar-refractivity contribution in [2.45, 2.75) is 112 Å². The Hall–Kier alpha value is -5.04. The molecule has 59 heavy (non-hydrogen) atoms. The van der Waals surface area contributed by atoms with Crippen molar-refractivity contribution in [3.05, 3.63) is 29.8 Å². The maximum absolute atomic E-state index is 14.2. The van der Waals surface area contributed by atoms with Crippen molar-refractivity contribution in [1.82, 2.24) is 41.8 Å². The number of aliphatic hydroxyl groups excluding tert-OH is 5. The van der Waals surface area contributed by atoms with Gasteiger partial charge in [-0.2, -0.15) is 0 Å². The van der Waals surface area contributed by atoms with Gasteiger partial charge in [0.2, 0.25) is 41.4 Å². The van der Waals surface area contributed by atoms with Gasteiger partial charge in [0.15, 0.2) is 0 Å². The average molecular weight is 853 g/mol. The molecule has 4 rings (SSSR count). The van der Waals surface area contributed by atoms with Crippen molar-refractivity contribution >= 4 is 63.1 Å². The highest BCUT2D eigenvalue weighted by Crippen LogP contribution is 2.26. The fourth-order valence-electron chi connectivity index (χ4n) is 6.74. The zero-order chi connectivity index (χ0) is 44.1. The summed E-state index contributed by atoms with van der Waals surface area (Å²) in [5.74, 6) is -7.70. The van der Waals surface area contributed by atoms with Crippen molar-refractivity contribution in [1.29, 1.82) is 0 Å². The number of hydrogen-bond donors (Lipinski definition) is 13. The number of amides is 7. The first-order chi connectivity index (χ1) is 27.6. The van der Waals surface area contributed by atoms with Gasteiger partial charge in [-0.15, -0.1) is 0 Å². The Morgan fingerprint density at radius 3 is 1.97 bits per heavy atom. The molecule has 7 amide bonds. The van der Waals surface area contributed by atoms with Crippen LogP contribution in [0.2, 0.25) is 0 Å². The minimum Gasteiger partial charge on any atom is -0.394 e. The molecule has 23 heteroatoms. The highest BCUT2D eigenvalue weighted by Gasteiger charge is 2.49. The highest BCUT2D eigenvalue weighted by atomic mass is 32.2. The summed E-state index contributed by atoms with van der Waals surface area (Å²) in [4.78, 5) is 99.4. The SMILES string of the molecule is C[C@@H]1NC(=O)[C@H](C[C@@](C)(O)CO)NC(=O)[C@H](Cc2c(S(C)=O)[nH]c3ccccc23)NC(=O)[C@H](C)NC(=O)[C@@H]2[C@@H](O)[C@H](O)CN2C(=O)[C@@H](CO)NC(=O)[C@@H]([C@H](C)O)NC1=O. The summed E-state index contributed by atoms with van der Waals surface area (Å²) >= 11 is 0. The molecule has 22 nitrogen and oxygen atoms in total. The standard InChI is InChI=1S/C36H52N8O14S/c1-15-28(50)39-21(10-19-18-8-6-7-9-20(18)42-34(19)59(5)58)30(52)40-22(11-36(4,57)14-46)31(53)37-16(2)29(51)43-25(17(3)47)32(54)41-23(13-45)35(56)44-12-24(48)27(49)26(44)33(55)38-15/h6-9,15-17,21-27,42,45-49,57H,10-14H2,1-5H3,(H,37,53)(H,38,55)(H,39,50)(H,40,52)(H,41,54)(H,43,51)/t15-,16-,17-,21-,22-,23+,24+,25+,26-,27-,36+,59?/m0/s1. The molecule has 2 aliphatic heterocycles. The number of benzene rings is 1. The molecule has 3 heterocycles. The minimum atomic E-state index is -1.99. The van der Waals surface area contributed by atoms with Gasteiger partial charge in [0, 0.05) is 30.0 Å². The Balaban J connectivity index is 1.81. The molecule has 326 valence electrons. The predicted molar refractivity (Wildman–Crippen MR) is 206 cm³/mol. The van der Waals surface area contributed by atoms with Crippen LogP contribution in [0.1, 0.15) is 39.7 Å². The second-order valence-electron chi connectivity index (χ2n) is 15.0. The summed E-state index contributed by atoms with van der Waals surface area (Å²) < 4.78 is 12.9. The normalized spacial score (nSPS) is 30.4. The van der Waals surface area contributed by atoms with Crippen molar-refractivity contribution in [3.8, 4) is 0 Å². The number of fused-ring (bicyclic) bond motifs is 2. The van der Waals surface area contributed by atoms with E-state index in [0.717, 1.165) is 13.8 Å². The largest absolute Gasteiger partial charge is 0.394 e. The Morgan fingerprint density at radius 2 is 1.37 bits per heavy atom. The zero-order valence-corrected chi connectivity index (χ0v) is 33.7. The number of carbonyl (C=O) groups excluding carboxylic acids is 7. The number of carbonyl (C=O) groups is 7. The fourth-order valence-corrected chi connectivity index (χ4v) is 7.53. The summed E-state index contributed by atoms with van der Waals surface area (Å²) in [6, 6.07) is -5.10. The molecule has 0 saturated carbocycles. The van der Waals surface area contributed by atoms with Crippen LogP contribution in [0.25, 0.3) is 10.9 Å². The summed E-state index contributed by atoms with van der Waals surface area (Å²) in [7, 11) is -1.65. The van der Waals surface area contributed by atoms with Crippen LogP contribution < -0.4 is 31.9 Å². The van der Waals surface area contributed by atoms with Gasteiger partial charge in [-0.3, -0.25) is 37.8 Å². The van der Waals surface area contributed by atoms with Crippen molar-refractivity contribution in [2.24, 2.45) is 0 Å². The topological polar surface area (TPSA) is 349 Å². The molecule has 2 fully saturated rings. The second-order valence-corrected chi connectivity index (χ2v) is 16.4. The number of nitrogens with one attached hydrogen (secondary N) is 7. The number of aromatic amines is 1. The smallest absolute Gasteiger partial charge is 0.248 e. The lowest BCUT2D eigenvalue weighted by molar-refractivity contribution is -0.145. The molecular weight excluding hydrogens is 801 g/mol. The van der Waals surface area contributed by atoms with Crippen LogP contribution >= 0.6 is 0 Å². The first-order valence-corrected chi connectivity index (χ1v) is 20.2. The third kappa shape index (κ3) is 11.0. The molecule has 0 aliphatic carbocycles. The van der Waals surface area contributed by atoms with E-state index in [0.29, 0.717) is 21.4 Å². The van der Waals surface area contributed by atoms with Gasteiger partial charge >= 0.3 is 0 Å². The molecule has 2 aliphatic rings. The third-order valence-corrected chi connectivity index (χ3v) is 11.0. The van der Waals surface area contributed by atoms with Gasteiger partial charge in [-0.1, -0.05) is 18.2 Å². The molecule has 13 N–H and O–H groups in total. The van der Waals surface area contributed by atoms with E-state index >= 15 is 0 Å². The Bertz CT molecular complexity index is 1960. The van der Waals surface area contributed by atoms with Crippen molar-refractivity contribution in [2.75, 3.05) is 26.0 Å². The number of aliphatic hydroxyl groups is 6. The molecule has 2 saturated heterocycles. The monoisotopic (exact) mass is 852 g/mol. The maximum atomic E-state index is 14.2. The predicted octanol–water partition coefficient (Wildman–Crippen LogP) is -6.15. The minimum absolute atomic E-state index is 0.206. The van der Waals surface area contributed by atoms with E-state index in [9.17, 15) is 68.4 Å². The maximum Gasteiger partial charge on any atom is 0.248 e. The van der Waals surface area contributed by atoms with E-state index in [1.54, 1.807) is 24.3 Å². The Morgan fingerprint density at radius 1 is 0.814 bits per heavy atom. The lowest BCUT2D eigenvalue weighted by Crippen LogP contribution is -2.62. The van der Waals surface area contributed by atoms with Crippen LogP contribution in [0.4, 0.5) is 0 Å². The van der Waals surface area contributed by atoms with E-state index in [-0.39, 0.29) is 11.4 Å². The van der Waals surface area contributed by atoms with E-state index in [1.807, 2.05) is 0 Å². The van der Waals surface area contributed by atoms with E-state index in [4.69, 9.17) is 0 Å². The van der Waals surface area contributed by atoms with E-state index < -0.39 is 145 Å². The summed E-state index contributed by atoms with van der Waals surface area (Å²) in [5, 5.41) is 77.2. The summed E-state index contributed by atoms with van der Waals surface area (Å²) in [6.45, 7) is 2.05. The van der Waals surface area contributed by atoms with Crippen LogP contribution in [0, 0.1) is 0 Å². The summed E-state index contributed by atoms with van der Waals surface area (Å²) in [6.07, 6.45) is -4.85. The Labute approximate surface area is 340 Å². The highest BCUT2D eigenvalue weighted by molar-refractivity contribution is 7.84. The molecule has 0 bridgehead atoms. The van der Waals surface area contributed by atoms with E-state index in [2.05, 4.69) is 36.9 Å². The van der Waals surface area contributed by atoms with Gasteiger partial charge in [0.05, 0.1) is 48.4 Å². The van der Waals surface area contributed by atoms with Gasteiger partial charge < -0.3 is 72.4 Å². The third-order valence-electron chi connectivity index (χ3n) is 10.1. The second kappa shape index (κ2) is 19.4. The number of nitrogens with zero attached hydrogens (tertiary/aromatic N) is 1. The molecule has 1 unspecified atom stereocenters. The van der Waals surface area contributed by atoms with Crippen LogP contribution in [0.15, 0.2) is 29.3 Å². The lowest BCUT2D eigenvalue weighted by atomic mass is 9.96. The molecule has 0 spiro atoms. The van der Waals surface area contributed by atoms with Crippen LogP contribution in [0.3, 0.4) is 0 Å². The molecule has 12 atom stereocenters. The molecule has 1 aromatic heterocycles. The first-order valence-electron chi connectivity index (χ1n) is 18.6. The average Bonchev–Trinajstić information content (AvgIpc) is 3.70. The molecule has 1 aromatic carbocycles. The van der Waals surface area contributed by atoms with Crippen molar-refractivity contribution in [3.63, 3.8) is 0 Å². The number of rotatable bonds is 8. The van der Waals surface area contributed by atoms with Gasteiger partial charge in [0.1, 0.15) is 53.4 Å². The van der Waals surface area contributed by atoms with Gasteiger partial charge in [-0.05, 0) is 39.3 Å². The quantitative estimate of drug-likeness (QED) is 0.118. The fraction of sp³-hybridized carbons (Fsp3) is 0.583. The van der Waals surface area contributed by atoms with Crippen LogP contribution in [0.5, 0.6) is 0 Å². The van der Waals surface area contributed by atoms with E-state index in [1.165, 1.54) is 20.1 Å². The molecule has 2 aromatic rings. The lowest BCUT2D eigenvalue weighted by Gasteiger charge is -2.30. The van der Waals surface area contributed by atoms with Crippen molar-refractivity contribution < 1.29 is 68.4 Å². The molecular formula is C36H52N8O14S. The molecule has 0 radical (unpaired) electrons. The van der Waals surface area contributed by atoms with Crippen LogP contribution in [-0.4, -0.2) is 178 Å². The summed E-state index contributed by atoms with van der Waals surface area (Å²) in [5.41, 5.74) is -1.11. The van der Waals surface area contributed by atoms with Gasteiger partial charge in [-0.25, -0.2) is 0 Å². The number of H-pyrrole nitrogens is 1. The zero-order valence-electron chi connectivity index (χ0n) is 32.9. The Kier molecular flexibility index (Phi) is 15.3. The van der Waals surface area contributed by atoms with Gasteiger partial charge in [0.25, 0.3) is 0 Å². The van der Waals surface area contributed by atoms with Crippen LogP contribution in [-0.2, 0) is 50.8 Å². The number of para-hydroxylation sites is 1. The first kappa shape index (κ1) is 46.6.